The van der Waals surface area contributed by atoms with Crippen molar-refractivity contribution in [3.8, 4) is 0 Å². The number of carbonyl (C=O) groups excluding carboxylic acids is 1. The van der Waals surface area contributed by atoms with Crippen LogP contribution in [0.3, 0.4) is 0 Å². The number of nitrogens with two attached hydrogens (primary N) is 1. The van der Waals surface area contributed by atoms with Crippen molar-refractivity contribution in [2.45, 2.75) is 44.2 Å². The molecule has 0 aromatic heterocycles. The highest BCUT2D eigenvalue weighted by atomic mass is 16.1. The Morgan fingerprint density at radius 2 is 1.77 bits per heavy atom. The van der Waals surface area contributed by atoms with E-state index < -0.39 is 0 Å². The fraction of sp³-hybridized carbons (Fsp3) is 0.346. The number of benzene rings is 3. The number of fused-ring (bicyclic) bond motifs is 1. The normalized spacial score (nSPS) is 18.4. The number of nitrogens with zero attached hydrogens (tertiary/aromatic N) is 1. The quantitative estimate of drug-likeness (QED) is 0.679. The lowest BCUT2D eigenvalue weighted by atomic mass is 9.96. The molecule has 0 bridgehead atoms. The van der Waals surface area contributed by atoms with Gasteiger partial charge in [-0.05, 0) is 66.6 Å². The number of rotatable bonds is 4. The largest absolute Gasteiger partial charge is 0.371 e. The maximum Gasteiger partial charge on any atom is 0.252 e. The second-order valence-corrected chi connectivity index (χ2v) is 8.89. The highest BCUT2D eigenvalue weighted by molar-refractivity contribution is 5.98. The molecule has 154 valence electrons. The summed E-state index contributed by atoms with van der Waals surface area (Å²) in [5.41, 5.74) is 9.94. The van der Waals surface area contributed by atoms with Crippen molar-refractivity contribution in [2.75, 3.05) is 18.0 Å². The summed E-state index contributed by atoms with van der Waals surface area (Å²) in [6.07, 6.45) is 3.96. The van der Waals surface area contributed by atoms with Crippen LogP contribution in [0.2, 0.25) is 0 Å². The molecule has 30 heavy (non-hydrogen) atoms. The van der Waals surface area contributed by atoms with Gasteiger partial charge in [0.25, 0.3) is 5.91 Å². The van der Waals surface area contributed by atoms with Gasteiger partial charge in [-0.1, -0.05) is 48.5 Å². The molecule has 0 unspecified atom stereocenters. The van der Waals surface area contributed by atoms with Gasteiger partial charge in [-0.15, -0.1) is 0 Å². The third kappa shape index (κ3) is 3.46. The Hall–Kier alpha value is -2.85. The van der Waals surface area contributed by atoms with Crippen molar-refractivity contribution in [1.82, 2.24) is 5.32 Å². The zero-order chi connectivity index (χ0) is 20.7. The predicted octanol–water partition coefficient (Wildman–Crippen LogP) is 4.49. The minimum atomic E-state index is -0.252. The van der Waals surface area contributed by atoms with E-state index in [1.165, 1.54) is 16.3 Å². The number of hydrogen-bond acceptors (Lipinski definition) is 3. The summed E-state index contributed by atoms with van der Waals surface area (Å²) < 4.78 is 0. The highest BCUT2D eigenvalue weighted by Crippen LogP contribution is 2.48. The molecule has 3 aromatic rings. The highest BCUT2D eigenvalue weighted by Gasteiger charge is 2.46. The predicted molar refractivity (Wildman–Crippen MR) is 123 cm³/mol. The first-order valence-corrected chi connectivity index (χ1v) is 11.0. The Balaban J connectivity index is 1.42. The molecule has 1 amide bonds. The summed E-state index contributed by atoms with van der Waals surface area (Å²) in [5.74, 6) is 0.0218. The summed E-state index contributed by atoms with van der Waals surface area (Å²) in [5, 5.41) is 5.84. The SMILES string of the molecule is Cc1ccc(N2CCC(N)CC2)cc1C(=O)NC1(c2cccc3ccccc23)CC1. The van der Waals surface area contributed by atoms with Crippen molar-refractivity contribution in [1.29, 1.82) is 0 Å². The van der Waals surface area contributed by atoms with E-state index in [1.807, 2.05) is 6.92 Å². The molecule has 3 aromatic carbocycles. The van der Waals surface area contributed by atoms with Crippen LogP contribution in [-0.4, -0.2) is 25.0 Å². The van der Waals surface area contributed by atoms with Gasteiger partial charge in [0.2, 0.25) is 0 Å². The molecule has 5 rings (SSSR count). The van der Waals surface area contributed by atoms with Gasteiger partial charge >= 0.3 is 0 Å². The van der Waals surface area contributed by atoms with E-state index in [1.54, 1.807) is 0 Å². The van der Waals surface area contributed by atoms with Crippen molar-refractivity contribution >= 4 is 22.4 Å². The maximum absolute atomic E-state index is 13.4. The first kappa shape index (κ1) is 19.1. The Morgan fingerprint density at radius 3 is 2.53 bits per heavy atom. The smallest absolute Gasteiger partial charge is 0.252 e. The Labute approximate surface area is 178 Å². The number of amides is 1. The zero-order valence-corrected chi connectivity index (χ0v) is 17.5. The first-order chi connectivity index (χ1) is 14.6. The molecule has 1 saturated carbocycles. The number of carbonyl (C=O) groups is 1. The summed E-state index contributed by atoms with van der Waals surface area (Å²) in [6, 6.07) is 21.4. The zero-order valence-electron chi connectivity index (χ0n) is 17.5. The van der Waals surface area contributed by atoms with Crippen LogP contribution in [-0.2, 0) is 5.54 Å². The standard InChI is InChI=1S/C26H29N3O/c1-18-9-10-21(29-15-11-20(27)12-16-29)17-23(18)25(30)28-26(13-14-26)24-8-4-6-19-5-2-3-7-22(19)24/h2-10,17,20H,11-16,27H2,1H3,(H,28,30). The summed E-state index contributed by atoms with van der Waals surface area (Å²) >= 11 is 0. The molecule has 0 atom stereocenters. The lowest BCUT2D eigenvalue weighted by Crippen LogP contribution is -2.40. The second kappa shape index (κ2) is 7.44. The average Bonchev–Trinajstić information content (AvgIpc) is 3.54. The molecule has 1 heterocycles. The van der Waals surface area contributed by atoms with E-state index in [2.05, 4.69) is 70.9 Å². The third-order valence-corrected chi connectivity index (χ3v) is 6.78. The van der Waals surface area contributed by atoms with Gasteiger partial charge in [0.05, 0.1) is 5.54 Å². The van der Waals surface area contributed by atoms with Crippen LogP contribution >= 0.6 is 0 Å². The Morgan fingerprint density at radius 1 is 1.03 bits per heavy atom. The average molecular weight is 400 g/mol. The van der Waals surface area contributed by atoms with Crippen molar-refractivity contribution in [3.63, 3.8) is 0 Å². The van der Waals surface area contributed by atoms with Gasteiger partial charge in [-0.2, -0.15) is 0 Å². The van der Waals surface area contributed by atoms with Crippen molar-refractivity contribution in [2.24, 2.45) is 5.73 Å². The Kier molecular flexibility index (Phi) is 4.75. The number of nitrogens with one attached hydrogen (secondary N) is 1. The fourth-order valence-corrected chi connectivity index (χ4v) is 4.72. The summed E-state index contributed by atoms with van der Waals surface area (Å²) in [6.45, 7) is 3.92. The first-order valence-electron chi connectivity index (χ1n) is 11.0. The lowest BCUT2D eigenvalue weighted by Gasteiger charge is -2.32. The number of anilines is 1. The van der Waals surface area contributed by atoms with E-state index in [0.29, 0.717) is 6.04 Å². The molecular formula is C26H29N3O. The van der Waals surface area contributed by atoms with Gasteiger partial charge in [0.15, 0.2) is 0 Å². The lowest BCUT2D eigenvalue weighted by molar-refractivity contribution is 0.0930. The fourth-order valence-electron chi connectivity index (χ4n) is 4.72. The summed E-state index contributed by atoms with van der Waals surface area (Å²) in [7, 11) is 0. The number of aryl methyl sites for hydroxylation is 1. The van der Waals surface area contributed by atoms with E-state index in [4.69, 9.17) is 5.73 Å². The van der Waals surface area contributed by atoms with Crippen LogP contribution in [0.1, 0.15) is 47.2 Å². The van der Waals surface area contributed by atoms with E-state index in [9.17, 15) is 4.79 Å². The topological polar surface area (TPSA) is 58.4 Å². The molecule has 2 fully saturated rings. The molecule has 4 heteroatoms. The molecule has 1 aliphatic heterocycles. The molecule has 4 nitrogen and oxygen atoms in total. The summed E-state index contributed by atoms with van der Waals surface area (Å²) in [4.78, 5) is 15.7. The van der Waals surface area contributed by atoms with Crippen molar-refractivity contribution in [3.05, 3.63) is 77.4 Å². The van der Waals surface area contributed by atoms with E-state index in [0.717, 1.165) is 55.6 Å². The van der Waals surface area contributed by atoms with Crippen LogP contribution in [0.4, 0.5) is 5.69 Å². The molecule has 3 N–H and O–H groups in total. The monoisotopic (exact) mass is 399 g/mol. The van der Waals surface area contributed by atoms with Crippen LogP contribution < -0.4 is 16.0 Å². The molecule has 1 saturated heterocycles. The number of hydrogen-bond donors (Lipinski definition) is 2. The van der Waals surface area contributed by atoms with Crippen LogP contribution in [0, 0.1) is 6.92 Å². The van der Waals surface area contributed by atoms with Crippen LogP contribution in [0.15, 0.2) is 60.7 Å². The van der Waals surface area contributed by atoms with Crippen LogP contribution in [0.25, 0.3) is 10.8 Å². The molecule has 2 aliphatic rings. The van der Waals surface area contributed by atoms with Crippen LogP contribution in [0.5, 0.6) is 0 Å². The number of piperidine rings is 1. The van der Waals surface area contributed by atoms with Gasteiger partial charge < -0.3 is 16.0 Å². The van der Waals surface area contributed by atoms with Gasteiger partial charge in [-0.25, -0.2) is 0 Å². The van der Waals surface area contributed by atoms with E-state index >= 15 is 0 Å². The van der Waals surface area contributed by atoms with Crippen molar-refractivity contribution < 1.29 is 4.79 Å². The molecule has 0 spiro atoms. The van der Waals surface area contributed by atoms with Gasteiger partial charge in [-0.3, -0.25) is 4.79 Å². The minimum absolute atomic E-state index is 0.0218. The maximum atomic E-state index is 13.4. The minimum Gasteiger partial charge on any atom is -0.371 e. The molecule has 0 radical (unpaired) electrons. The molecule has 1 aliphatic carbocycles. The molecular weight excluding hydrogens is 370 g/mol. The third-order valence-electron chi connectivity index (χ3n) is 6.78. The van der Waals surface area contributed by atoms with E-state index in [-0.39, 0.29) is 11.4 Å². The van der Waals surface area contributed by atoms with Gasteiger partial charge in [0, 0.05) is 30.4 Å². The van der Waals surface area contributed by atoms with Gasteiger partial charge in [0.1, 0.15) is 0 Å². The second-order valence-electron chi connectivity index (χ2n) is 8.89. The Bertz CT molecular complexity index is 1090.